The van der Waals surface area contributed by atoms with E-state index < -0.39 is 23.8 Å². The van der Waals surface area contributed by atoms with Gasteiger partial charge in [-0.1, -0.05) is 23.7 Å². The maximum atomic E-state index is 13.0. The number of halogens is 1. The zero-order chi connectivity index (χ0) is 19.6. The normalized spacial score (nSPS) is 17.7. The molecule has 0 radical (unpaired) electrons. The average Bonchev–Trinajstić information content (AvgIpc) is 2.62. The maximum Gasteiger partial charge on any atom is 0.335 e. The second-order valence-corrected chi connectivity index (χ2v) is 6.31. The van der Waals surface area contributed by atoms with Gasteiger partial charge in [0.2, 0.25) is 5.91 Å². The van der Waals surface area contributed by atoms with E-state index in [-0.39, 0.29) is 0 Å². The van der Waals surface area contributed by atoms with Gasteiger partial charge in [0.15, 0.2) is 5.92 Å². The summed E-state index contributed by atoms with van der Waals surface area (Å²) in [4.78, 5) is 38.6. The minimum atomic E-state index is -1.20. The van der Waals surface area contributed by atoms with E-state index in [0.29, 0.717) is 27.8 Å². The second-order valence-electron chi connectivity index (χ2n) is 5.87. The predicted octanol–water partition coefficient (Wildman–Crippen LogP) is 3.14. The molecule has 1 aliphatic heterocycles. The summed E-state index contributed by atoms with van der Waals surface area (Å²) in [6.07, 6.45) is 1.61. The molecule has 0 aliphatic carbocycles. The molecule has 1 saturated heterocycles. The Balaban J connectivity index is 1.92. The van der Waals surface area contributed by atoms with Gasteiger partial charge >= 0.3 is 6.03 Å². The van der Waals surface area contributed by atoms with Crippen molar-refractivity contribution in [2.24, 2.45) is 5.92 Å². The summed E-state index contributed by atoms with van der Waals surface area (Å²) in [5, 5.41) is 5.73. The molecule has 0 spiro atoms. The van der Waals surface area contributed by atoms with Crippen LogP contribution in [0.25, 0.3) is 0 Å². The fourth-order valence-corrected chi connectivity index (χ4v) is 2.90. The second kappa shape index (κ2) is 7.51. The van der Waals surface area contributed by atoms with Gasteiger partial charge in [-0.2, -0.15) is 0 Å². The lowest BCUT2D eigenvalue weighted by Crippen LogP contribution is -2.59. The molecule has 2 aromatic carbocycles. The quantitative estimate of drug-likeness (QED) is 0.555. The summed E-state index contributed by atoms with van der Waals surface area (Å²) in [6, 6.07) is 12.3. The van der Waals surface area contributed by atoms with Crippen LogP contribution in [-0.2, 0) is 9.59 Å². The number of nitrogens with one attached hydrogen (secondary N) is 2. The number of nitrogens with zero attached hydrogens (tertiary/aromatic N) is 1. The van der Waals surface area contributed by atoms with Gasteiger partial charge in [0.1, 0.15) is 0 Å². The Kier molecular flexibility index (Phi) is 5.14. The molecule has 1 aliphatic rings. The van der Waals surface area contributed by atoms with Crippen LogP contribution < -0.4 is 21.3 Å². The summed E-state index contributed by atoms with van der Waals surface area (Å²) in [5.41, 5.74) is 7.59. The molecule has 2 aromatic rings. The molecule has 138 valence electrons. The average molecular weight is 385 g/mol. The molecule has 1 heterocycles. The number of allylic oxidation sites excluding steroid dienone is 1. The summed E-state index contributed by atoms with van der Waals surface area (Å²) in [5.74, 6) is -2.56. The summed E-state index contributed by atoms with van der Waals surface area (Å²) >= 11 is 5.86. The van der Waals surface area contributed by atoms with Crippen LogP contribution in [-0.4, -0.2) is 17.8 Å². The number of carbonyl (C=O) groups is 3. The maximum absolute atomic E-state index is 13.0. The third kappa shape index (κ3) is 3.78. The van der Waals surface area contributed by atoms with Gasteiger partial charge in [0, 0.05) is 22.1 Å². The van der Waals surface area contributed by atoms with Crippen molar-refractivity contribution in [3.05, 3.63) is 65.3 Å². The van der Waals surface area contributed by atoms with Crippen LogP contribution in [0.1, 0.15) is 6.92 Å². The van der Waals surface area contributed by atoms with Crippen molar-refractivity contribution in [2.45, 2.75) is 6.92 Å². The van der Waals surface area contributed by atoms with Gasteiger partial charge in [-0.25, -0.2) is 9.69 Å². The van der Waals surface area contributed by atoms with E-state index in [1.165, 1.54) is 12.1 Å². The number of urea groups is 1. The van der Waals surface area contributed by atoms with E-state index in [4.69, 9.17) is 17.3 Å². The molecule has 0 saturated carbocycles. The van der Waals surface area contributed by atoms with Crippen LogP contribution in [0.5, 0.6) is 0 Å². The van der Waals surface area contributed by atoms with Crippen molar-refractivity contribution in [3.63, 3.8) is 0 Å². The van der Waals surface area contributed by atoms with Crippen LogP contribution >= 0.6 is 11.6 Å². The highest BCUT2D eigenvalue weighted by Crippen LogP contribution is 2.27. The van der Waals surface area contributed by atoms with Gasteiger partial charge in [-0.05, 0) is 49.4 Å². The highest BCUT2D eigenvalue weighted by atomic mass is 35.5. The number of benzene rings is 2. The first-order valence-corrected chi connectivity index (χ1v) is 8.51. The van der Waals surface area contributed by atoms with E-state index >= 15 is 0 Å². The van der Waals surface area contributed by atoms with E-state index in [9.17, 15) is 14.4 Å². The number of anilines is 3. The number of hydrogen-bond acceptors (Lipinski definition) is 5. The molecular formula is C19H17ClN4O3. The molecule has 27 heavy (non-hydrogen) atoms. The minimum Gasteiger partial charge on any atom is -0.399 e. The number of nitrogens with two attached hydrogens (primary N) is 1. The van der Waals surface area contributed by atoms with Crippen molar-refractivity contribution in [2.75, 3.05) is 16.0 Å². The number of rotatable bonds is 4. The fraction of sp³-hybridized carbons (Fsp3) is 0.105. The molecule has 0 aromatic heterocycles. The van der Waals surface area contributed by atoms with E-state index in [1.807, 2.05) is 0 Å². The molecular weight excluding hydrogens is 368 g/mol. The molecule has 4 amide bonds. The van der Waals surface area contributed by atoms with Crippen molar-refractivity contribution in [1.82, 2.24) is 5.32 Å². The van der Waals surface area contributed by atoms with Gasteiger partial charge < -0.3 is 11.1 Å². The zero-order valence-corrected chi connectivity index (χ0v) is 15.2. The molecule has 3 rings (SSSR count). The molecule has 7 nitrogen and oxygen atoms in total. The zero-order valence-electron chi connectivity index (χ0n) is 14.4. The third-order valence-corrected chi connectivity index (χ3v) is 4.30. The van der Waals surface area contributed by atoms with Crippen LogP contribution in [0.3, 0.4) is 0 Å². The van der Waals surface area contributed by atoms with E-state index in [0.717, 1.165) is 4.90 Å². The number of barbiturate groups is 1. The number of carbonyl (C=O) groups excluding carboxylic acids is 3. The lowest BCUT2D eigenvalue weighted by molar-refractivity contribution is -0.132. The largest absolute Gasteiger partial charge is 0.399 e. The molecule has 8 heteroatoms. The topological polar surface area (TPSA) is 105 Å². The van der Waals surface area contributed by atoms with Crippen molar-refractivity contribution >= 4 is 46.5 Å². The molecule has 1 fully saturated rings. The Morgan fingerprint density at radius 3 is 2.52 bits per heavy atom. The summed E-state index contributed by atoms with van der Waals surface area (Å²) in [7, 11) is 0. The van der Waals surface area contributed by atoms with E-state index in [2.05, 4.69) is 10.6 Å². The number of amides is 4. The Bertz CT molecular complexity index is 940. The standard InChI is InChI=1S/C19H17ClN4O3/c1-2-15(22-13-5-3-4-12(21)10-13)16-17(25)23-19(27)24(18(16)26)14-8-6-11(20)7-9-14/h2-10,16,22H,21H2,1H3,(H,23,25,27)/b15-2+/t16-/m1/s1. The predicted molar refractivity (Wildman–Crippen MR) is 104 cm³/mol. The highest BCUT2D eigenvalue weighted by Gasteiger charge is 2.43. The van der Waals surface area contributed by atoms with Crippen LogP contribution in [0.15, 0.2) is 60.3 Å². The Hall–Kier alpha value is -3.32. The first kappa shape index (κ1) is 18.5. The Labute approximate surface area is 160 Å². The number of hydrogen-bond donors (Lipinski definition) is 3. The highest BCUT2D eigenvalue weighted by molar-refractivity contribution is 6.31. The first-order chi connectivity index (χ1) is 12.9. The monoisotopic (exact) mass is 384 g/mol. The summed E-state index contributed by atoms with van der Waals surface area (Å²) in [6.45, 7) is 1.69. The van der Waals surface area contributed by atoms with Gasteiger partial charge in [0.05, 0.1) is 5.69 Å². The lowest BCUT2D eigenvalue weighted by Gasteiger charge is -2.31. The third-order valence-electron chi connectivity index (χ3n) is 4.04. The lowest BCUT2D eigenvalue weighted by atomic mass is 9.99. The summed E-state index contributed by atoms with van der Waals surface area (Å²) < 4.78 is 0. The van der Waals surface area contributed by atoms with Crippen molar-refractivity contribution < 1.29 is 14.4 Å². The number of nitrogen functional groups attached to an aromatic ring is 1. The molecule has 4 N–H and O–H groups in total. The molecule has 0 bridgehead atoms. The van der Waals surface area contributed by atoms with Crippen molar-refractivity contribution in [3.8, 4) is 0 Å². The molecule has 1 atom stereocenters. The van der Waals surface area contributed by atoms with Gasteiger partial charge in [-0.3, -0.25) is 14.9 Å². The van der Waals surface area contributed by atoms with Gasteiger partial charge in [0.25, 0.3) is 5.91 Å². The Morgan fingerprint density at radius 1 is 1.19 bits per heavy atom. The smallest absolute Gasteiger partial charge is 0.335 e. The van der Waals surface area contributed by atoms with Crippen LogP contribution in [0.4, 0.5) is 21.9 Å². The van der Waals surface area contributed by atoms with Crippen LogP contribution in [0.2, 0.25) is 5.02 Å². The Morgan fingerprint density at radius 2 is 1.89 bits per heavy atom. The minimum absolute atomic E-state index is 0.318. The molecule has 0 unspecified atom stereocenters. The SMILES string of the molecule is C/C=C(/Nc1cccc(N)c1)[C@@H]1C(=O)NC(=O)N(c2ccc(Cl)cc2)C1=O. The van der Waals surface area contributed by atoms with E-state index in [1.54, 1.807) is 49.4 Å². The fourth-order valence-electron chi connectivity index (χ4n) is 2.78. The number of imide groups is 2. The van der Waals surface area contributed by atoms with Crippen LogP contribution in [0, 0.1) is 5.92 Å². The van der Waals surface area contributed by atoms with Crippen molar-refractivity contribution in [1.29, 1.82) is 0 Å². The first-order valence-electron chi connectivity index (χ1n) is 8.14. The van der Waals surface area contributed by atoms with Gasteiger partial charge in [-0.15, -0.1) is 0 Å².